The molecule has 0 aliphatic heterocycles. The van der Waals surface area contributed by atoms with Crippen LogP contribution < -0.4 is 10.7 Å². The molecule has 0 spiro atoms. The Morgan fingerprint density at radius 3 is 2.81 bits per heavy atom. The number of esters is 1. The van der Waals surface area contributed by atoms with Crippen molar-refractivity contribution in [3.8, 4) is 0 Å². The normalized spacial score (nSPS) is 13.8. The number of aromatic nitrogens is 1. The molecule has 1 aliphatic rings. The van der Waals surface area contributed by atoms with Gasteiger partial charge in [0.15, 0.2) is 0 Å². The maximum Gasteiger partial charge on any atom is 0.343 e. The summed E-state index contributed by atoms with van der Waals surface area (Å²) in [5.74, 6) is -0.645. The number of aliphatic hydroxyl groups is 1. The Hall–Kier alpha value is -2.09. The molecule has 7 nitrogen and oxygen atoms in total. The van der Waals surface area contributed by atoms with Crippen LogP contribution in [0, 0.1) is 0 Å². The molecule has 0 radical (unpaired) electrons. The number of ether oxygens (including phenoxy) is 2. The molecule has 0 bridgehead atoms. The molecule has 1 aliphatic carbocycles. The fourth-order valence-electron chi connectivity index (χ4n) is 2.84. The Bertz CT molecular complexity index is 876. The van der Waals surface area contributed by atoms with Gasteiger partial charge in [-0.15, -0.1) is 0 Å². The summed E-state index contributed by atoms with van der Waals surface area (Å²) in [5.41, 5.74) is 0.942. The van der Waals surface area contributed by atoms with E-state index in [-0.39, 0.29) is 30.2 Å². The highest BCUT2D eigenvalue weighted by molar-refractivity contribution is 6.34. The minimum absolute atomic E-state index is 0.0199. The van der Waals surface area contributed by atoms with Crippen LogP contribution in [-0.4, -0.2) is 49.1 Å². The highest BCUT2D eigenvalue weighted by atomic mass is 35.5. The first kappa shape index (κ1) is 18.7. The summed E-state index contributed by atoms with van der Waals surface area (Å²) < 4.78 is 11.9. The molecule has 1 heterocycles. The molecule has 26 heavy (non-hydrogen) atoms. The molecule has 1 aromatic heterocycles. The van der Waals surface area contributed by atoms with Gasteiger partial charge >= 0.3 is 5.97 Å². The van der Waals surface area contributed by atoms with Crippen LogP contribution in [0.3, 0.4) is 0 Å². The van der Waals surface area contributed by atoms with Crippen LogP contribution in [0.4, 0.5) is 5.69 Å². The number of carbonyl (C=O) groups is 1. The van der Waals surface area contributed by atoms with Gasteiger partial charge in [-0.1, -0.05) is 11.6 Å². The van der Waals surface area contributed by atoms with Gasteiger partial charge in [-0.3, -0.25) is 4.79 Å². The third kappa shape index (κ3) is 3.85. The second-order valence-electron chi connectivity index (χ2n) is 6.11. The molecular formula is C18H21ClN2O5. The third-order valence-corrected chi connectivity index (χ3v) is 4.58. The summed E-state index contributed by atoms with van der Waals surface area (Å²) in [7, 11) is 1.26. The lowest BCUT2D eigenvalue weighted by molar-refractivity contribution is 0.0598. The zero-order valence-corrected chi connectivity index (χ0v) is 15.2. The largest absolute Gasteiger partial charge is 0.465 e. The quantitative estimate of drug-likeness (QED) is 0.539. The fourth-order valence-corrected chi connectivity index (χ4v) is 3.07. The predicted molar refractivity (Wildman–Crippen MR) is 99.2 cm³/mol. The Kier molecular flexibility index (Phi) is 5.80. The van der Waals surface area contributed by atoms with Crippen LogP contribution in [0.15, 0.2) is 23.1 Å². The van der Waals surface area contributed by atoms with E-state index in [0.29, 0.717) is 34.8 Å². The molecular weight excluding hydrogens is 360 g/mol. The molecule has 2 N–H and O–H groups in total. The van der Waals surface area contributed by atoms with Crippen LogP contribution in [0.1, 0.15) is 29.2 Å². The van der Waals surface area contributed by atoms with Crippen LogP contribution in [0.5, 0.6) is 0 Å². The van der Waals surface area contributed by atoms with Crippen molar-refractivity contribution in [3.05, 3.63) is 39.1 Å². The van der Waals surface area contributed by atoms with E-state index in [0.717, 1.165) is 12.8 Å². The molecule has 1 fully saturated rings. The number of aliphatic hydroxyl groups excluding tert-OH is 1. The number of methoxy groups -OCH3 is 1. The smallest absolute Gasteiger partial charge is 0.343 e. The van der Waals surface area contributed by atoms with Crippen molar-refractivity contribution in [1.82, 2.24) is 4.57 Å². The number of rotatable bonds is 8. The molecule has 0 unspecified atom stereocenters. The predicted octanol–water partition coefficient (Wildman–Crippen LogP) is 2.20. The van der Waals surface area contributed by atoms with Gasteiger partial charge in [-0.2, -0.15) is 0 Å². The Morgan fingerprint density at radius 1 is 1.38 bits per heavy atom. The number of halogens is 1. The summed E-state index contributed by atoms with van der Waals surface area (Å²) in [6.07, 6.45) is 3.57. The van der Waals surface area contributed by atoms with Crippen molar-refractivity contribution in [2.45, 2.75) is 18.9 Å². The Balaban J connectivity index is 1.99. The standard InChI is InChI=1S/C18H21ClN2O5/c1-25-18(24)13-10-21(11-2-3-11)16-9-14(19)15(8-12(16)17(13)23)20-4-6-26-7-5-22/h8-11,20,22H,2-7H2,1H3. The number of hydrogen-bond acceptors (Lipinski definition) is 6. The van der Waals surface area contributed by atoms with Crippen molar-refractivity contribution < 1.29 is 19.4 Å². The van der Waals surface area contributed by atoms with E-state index in [1.807, 2.05) is 4.57 Å². The van der Waals surface area contributed by atoms with Gasteiger partial charge in [0.25, 0.3) is 0 Å². The molecule has 8 heteroatoms. The monoisotopic (exact) mass is 380 g/mol. The van der Waals surface area contributed by atoms with E-state index in [2.05, 4.69) is 5.32 Å². The number of pyridine rings is 1. The van der Waals surface area contributed by atoms with Crippen LogP contribution in [0.2, 0.25) is 5.02 Å². The second kappa shape index (κ2) is 8.07. The maximum absolute atomic E-state index is 12.8. The van der Waals surface area contributed by atoms with E-state index in [1.165, 1.54) is 7.11 Å². The average Bonchev–Trinajstić information content (AvgIpc) is 3.47. The first-order chi connectivity index (χ1) is 12.6. The zero-order chi connectivity index (χ0) is 18.7. The number of hydrogen-bond donors (Lipinski definition) is 2. The van der Waals surface area contributed by atoms with Gasteiger partial charge in [0.1, 0.15) is 5.56 Å². The zero-order valence-electron chi connectivity index (χ0n) is 14.5. The Labute approximate surface area is 155 Å². The minimum atomic E-state index is -0.645. The summed E-state index contributed by atoms with van der Waals surface area (Å²) in [5, 5.41) is 12.7. The van der Waals surface area contributed by atoms with E-state index < -0.39 is 5.97 Å². The summed E-state index contributed by atoms with van der Waals surface area (Å²) in [6, 6.07) is 3.68. The number of nitrogens with zero attached hydrogens (tertiary/aromatic N) is 1. The third-order valence-electron chi connectivity index (χ3n) is 4.26. The van der Waals surface area contributed by atoms with Crippen molar-refractivity contribution in [2.24, 2.45) is 0 Å². The number of anilines is 1. The first-order valence-electron chi connectivity index (χ1n) is 8.46. The lowest BCUT2D eigenvalue weighted by atomic mass is 10.1. The molecule has 0 saturated heterocycles. The van der Waals surface area contributed by atoms with Crippen molar-refractivity contribution in [3.63, 3.8) is 0 Å². The molecule has 1 saturated carbocycles. The lowest BCUT2D eigenvalue weighted by Crippen LogP contribution is -2.20. The number of carbonyl (C=O) groups excluding carboxylic acids is 1. The van der Waals surface area contributed by atoms with Crippen LogP contribution in [0.25, 0.3) is 10.9 Å². The number of fused-ring (bicyclic) bond motifs is 1. The van der Waals surface area contributed by atoms with E-state index in [9.17, 15) is 9.59 Å². The minimum Gasteiger partial charge on any atom is -0.465 e. The molecule has 2 aromatic rings. The van der Waals surface area contributed by atoms with E-state index in [4.69, 9.17) is 26.2 Å². The topological polar surface area (TPSA) is 89.8 Å². The molecule has 3 rings (SSSR count). The van der Waals surface area contributed by atoms with Gasteiger partial charge in [-0.25, -0.2) is 4.79 Å². The molecule has 140 valence electrons. The van der Waals surface area contributed by atoms with Crippen LogP contribution in [-0.2, 0) is 9.47 Å². The van der Waals surface area contributed by atoms with Gasteiger partial charge in [-0.05, 0) is 25.0 Å². The maximum atomic E-state index is 12.8. The lowest BCUT2D eigenvalue weighted by Gasteiger charge is -2.15. The molecule has 0 amide bonds. The van der Waals surface area contributed by atoms with Crippen molar-refractivity contribution in [1.29, 1.82) is 0 Å². The highest BCUT2D eigenvalue weighted by Gasteiger charge is 2.27. The highest BCUT2D eigenvalue weighted by Crippen LogP contribution is 2.38. The van der Waals surface area contributed by atoms with Crippen molar-refractivity contribution >= 4 is 34.2 Å². The SMILES string of the molecule is COC(=O)c1cn(C2CC2)c2cc(Cl)c(NCCOCCO)cc2c1=O. The number of benzene rings is 1. The average molecular weight is 381 g/mol. The van der Waals surface area contributed by atoms with Gasteiger partial charge in [0.2, 0.25) is 5.43 Å². The summed E-state index contributed by atoms with van der Waals surface area (Å²) in [4.78, 5) is 24.7. The van der Waals surface area contributed by atoms with Gasteiger partial charge < -0.3 is 24.5 Å². The van der Waals surface area contributed by atoms with Gasteiger partial charge in [0.05, 0.1) is 43.2 Å². The summed E-state index contributed by atoms with van der Waals surface area (Å²) >= 11 is 6.37. The van der Waals surface area contributed by atoms with E-state index >= 15 is 0 Å². The molecule has 1 aromatic carbocycles. The number of nitrogens with one attached hydrogen (secondary N) is 1. The Morgan fingerprint density at radius 2 is 2.15 bits per heavy atom. The molecule has 0 atom stereocenters. The van der Waals surface area contributed by atoms with Crippen LogP contribution >= 0.6 is 11.6 Å². The van der Waals surface area contributed by atoms with Crippen molar-refractivity contribution in [2.75, 3.05) is 38.8 Å². The van der Waals surface area contributed by atoms with Gasteiger partial charge in [0, 0.05) is 24.2 Å². The summed E-state index contributed by atoms with van der Waals surface area (Å²) in [6.45, 7) is 1.09. The first-order valence-corrected chi connectivity index (χ1v) is 8.83. The fraction of sp³-hybridized carbons (Fsp3) is 0.444. The second-order valence-corrected chi connectivity index (χ2v) is 6.52. The van der Waals surface area contributed by atoms with E-state index in [1.54, 1.807) is 18.3 Å².